The van der Waals surface area contributed by atoms with Gasteiger partial charge < -0.3 is 15.8 Å². The Balaban J connectivity index is 2.75. The molecule has 1 amide bonds. The van der Waals surface area contributed by atoms with Gasteiger partial charge in [0.2, 0.25) is 5.91 Å². The number of hydrogen-bond acceptors (Lipinski definition) is 3. The Morgan fingerprint density at radius 3 is 2.63 bits per heavy atom. The summed E-state index contributed by atoms with van der Waals surface area (Å²) in [6.45, 7) is 6.01. The second kappa shape index (κ2) is 6.26. The number of nitrogens with two attached hydrogens (primary N) is 1. The maximum absolute atomic E-state index is 12.0. The van der Waals surface area contributed by atoms with Gasteiger partial charge in [-0.3, -0.25) is 4.79 Å². The van der Waals surface area contributed by atoms with Gasteiger partial charge in [-0.15, -0.1) is 0 Å². The van der Waals surface area contributed by atoms with Crippen LogP contribution in [-0.4, -0.2) is 19.1 Å². The van der Waals surface area contributed by atoms with Gasteiger partial charge in [-0.05, 0) is 23.6 Å². The Hall–Kier alpha value is -1.26. The first kappa shape index (κ1) is 15.8. The highest BCUT2D eigenvalue weighted by molar-refractivity contribution is 6.31. The van der Waals surface area contributed by atoms with Crippen LogP contribution in [0.5, 0.6) is 5.75 Å². The maximum atomic E-state index is 12.0. The molecule has 0 aliphatic heterocycles. The van der Waals surface area contributed by atoms with Crippen molar-refractivity contribution in [1.29, 1.82) is 0 Å². The lowest BCUT2D eigenvalue weighted by Crippen LogP contribution is -2.38. The van der Waals surface area contributed by atoms with Crippen molar-refractivity contribution >= 4 is 23.2 Å². The topological polar surface area (TPSA) is 64.3 Å². The zero-order valence-electron chi connectivity index (χ0n) is 11.8. The smallest absolute Gasteiger partial charge is 0.226 e. The zero-order chi connectivity index (χ0) is 14.6. The van der Waals surface area contributed by atoms with Gasteiger partial charge in [0.1, 0.15) is 5.75 Å². The van der Waals surface area contributed by atoms with Crippen LogP contribution in [-0.2, 0) is 4.79 Å². The van der Waals surface area contributed by atoms with Crippen LogP contribution >= 0.6 is 11.6 Å². The van der Waals surface area contributed by atoms with Crippen molar-refractivity contribution in [3.05, 3.63) is 23.2 Å². The zero-order valence-corrected chi connectivity index (χ0v) is 12.5. The van der Waals surface area contributed by atoms with E-state index in [1.54, 1.807) is 25.3 Å². The number of halogens is 1. The summed E-state index contributed by atoms with van der Waals surface area (Å²) in [5, 5.41) is 3.32. The lowest BCUT2D eigenvalue weighted by molar-refractivity contribution is -0.117. The largest absolute Gasteiger partial charge is 0.495 e. The number of methoxy groups -OCH3 is 1. The van der Waals surface area contributed by atoms with Crippen LogP contribution in [0, 0.1) is 5.41 Å². The van der Waals surface area contributed by atoms with Crippen molar-refractivity contribution in [1.82, 2.24) is 0 Å². The van der Waals surface area contributed by atoms with Gasteiger partial charge in [0.25, 0.3) is 0 Å². The average molecular weight is 285 g/mol. The van der Waals surface area contributed by atoms with Crippen LogP contribution in [0.2, 0.25) is 5.02 Å². The molecule has 1 atom stereocenters. The normalized spacial score (nSPS) is 12.9. The number of nitrogens with one attached hydrogen (secondary N) is 1. The van der Waals surface area contributed by atoms with E-state index < -0.39 is 0 Å². The summed E-state index contributed by atoms with van der Waals surface area (Å²) in [5.74, 6) is 0.421. The minimum Gasteiger partial charge on any atom is -0.495 e. The molecule has 19 heavy (non-hydrogen) atoms. The number of carbonyl (C=O) groups excluding carboxylic acids is 1. The number of rotatable bonds is 4. The molecule has 0 aromatic heterocycles. The van der Waals surface area contributed by atoms with Gasteiger partial charge in [-0.1, -0.05) is 32.4 Å². The molecule has 0 heterocycles. The summed E-state index contributed by atoms with van der Waals surface area (Å²) in [5.41, 5.74) is 6.43. The van der Waals surface area contributed by atoms with Gasteiger partial charge in [-0.2, -0.15) is 0 Å². The van der Waals surface area contributed by atoms with E-state index in [2.05, 4.69) is 5.32 Å². The summed E-state index contributed by atoms with van der Waals surface area (Å²) in [6, 6.07) is 4.86. The van der Waals surface area contributed by atoms with Crippen molar-refractivity contribution in [2.45, 2.75) is 33.2 Å². The standard InChI is InChI=1S/C14H21ClN2O2/c1-14(2,3)12(16)8-13(18)17-10-7-9(15)5-6-11(10)19-4/h5-7,12H,8,16H2,1-4H3,(H,17,18). The Bertz CT molecular complexity index is 455. The molecule has 3 N–H and O–H groups in total. The van der Waals surface area contributed by atoms with E-state index in [1.807, 2.05) is 20.8 Å². The maximum Gasteiger partial charge on any atom is 0.226 e. The quantitative estimate of drug-likeness (QED) is 0.893. The minimum atomic E-state index is -0.210. The highest BCUT2D eigenvalue weighted by Gasteiger charge is 2.23. The predicted octanol–water partition coefficient (Wildman–Crippen LogP) is 3.05. The molecule has 0 radical (unpaired) electrons. The Kier molecular flexibility index (Phi) is 5.20. The third-order valence-electron chi connectivity index (χ3n) is 2.95. The van der Waals surface area contributed by atoms with E-state index in [0.29, 0.717) is 16.5 Å². The SMILES string of the molecule is COc1ccc(Cl)cc1NC(=O)CC(N)C(C)(C)C. The summed E-state index contributed by atoms with van der Waals surface area (Å²) in [4.78, 5) is 12.0. The molecule has 1 aromatic carbocycles. The van der Waals surface area contributed by atoms with Crippen LogP contribution in [0.3, 0.4) is 0 Å². The molecular formula is C14H21ClN2O2. The molecule has 5 heteroatoms. The summed E-state index contributed by atoms with van der Waals surface area (Å²) < 4.78 is 5.17. The van der Waals surface area contributed by atoms with Crippen molar-refractivity contribution in [3.63, 3.8) is 0 Å². The molecule has 4 nitrogen and oxygen atoms in total. The first-order chi connectivity index (χ1) is 8.74. The molecule has 1 aromatic rings. The number of amides is 1. The number of benzene rings is 1. The third-order valence-corrected chi connectivity index (χ3v) is 3.19. The first-order valence-electron chi connectivity index (χ1n) is 6.13. The summed E-state index contributed by atoms with van der Waals surface area (Å²) >= 11 is 5.90. The minimum absolute atomic E-state index is 0.115. The highest BCUT2D eigenvalue weighted by atomic mass is 35.5. The molecular weight excluding hydrogens is 264 g/mol. The number of hydrogen-bond donors (Lipinski definition) is 2. The van der Waals surface area contributed by atoms with E-state index in [-0.39, 0.29) is 23.8 Å². The summed E-state index contributed by atoms with van der Waals surface area (Å²) in [7, 11) is 1.54. The Morgan fingerprint density at radius 2 is 2.11 bits per heavy atom. The van der Waals surface area contributed by atoms with Crippen molar-refractivity contribution in [2.75, 3.05) is 12.4 Å². The van der Waals surface area contributed by atoms with Crippen LogP contribution in [0.1, 0.15) is 27.2 Å². The van der Waals surface area contributed by atoms with E-state index >= 15 is 0 Å². The number of carbonyl (C=O) groups is 1. The van der Waals surface area contributed by atoms with Gasteiger partial charge in [0.15, 0.2) is 0 Å². The van der Waals surface area contributed by atoms with Gasteiger partial charge in [-0.25, -0.2) is 0 Å². The van der Waals surface area contributed by atoms with Crippen LogP contribution in [0.25, 0.3) is 0 Å². The van der Waals surface area contributed by atoms with Crippen LogP contribution in [0.15, 0.2) is 18.2 Å². The van der Waals surface area contributed by atoms with E-state index in [9.17, 15) is 4.79 Å². The molecule has 106 valence electrons. The predicted molar refractivity (Wildman–Crippen MR) is 78.7 cm³/mol. The fourth-order valence-electron chi connectivity index (χ4n) is 1.49. The van der Waals surface area contributed by atoms with Crippen LogP contribution < -0.4 is 15.8 Å². The van der Waals surface area contributed by atoms with E-state index in [0.717, 1.165) is 0 Å². The molecule has 0 spiro atoms. The van der Waals surface area contributed by atoms with E-state index in [4.69, 9.17) is 22.1 Å². The molecule has 1 rings (SSSR count). The Morgan fingerprint density at radius 1 is 1.47 bits per heavy atom. The number of ether oxygens (including phenoxy) is 1. The van der Waals surface area contributed by atoms with Crippen molar-refractivity contribution in [3.8, 4) is 5.75 Å². The second-order valence-corrected chi connectivity index (χ2v) is 6.01. The molecule has 0 fully saturated rings. The fraction of sp³-hybridized carbons (Fsp3) is 0.500. The monoisotopic (exact) mass is 284 g/mol. The molecule has 0 saturated heterocycles. The third kappa shape index (κ3) is 4.73. The van der Waals surface area contributed by atoms with Gasteiger partial charge >= 0.3 is 0 Å². The number of anilines is 1. The second-order valence-electron chi connectivity index (χ2n) is 5.57. The Labute approximate surface area is 119 Å². The highest BCUT2D eigenvalue weighted by Crippen LogP contribution is 2.28. The fourth-order valence-corrected chi connectivity index (χ4v) is 1.66. The molecule has 0 bridgehead atoms. The molecule has 0 saturated carbocycles. The lowest BCUT2D eigenvalue weighted by Gasteiger charge is -2.26. The lowest BCUT2D eigenvalue weighted by atomic mass is 9.85. The van der Waals surface area contributed by atoms with Crippen LogP contribution in [0.4, 0.5) is 5.69 Å². The molecule has 0 aliphatic rings. The van der Waals surface area contributed by atoms with E-state index in [1.165, 1.54) is 0 Å². The summed E-state index contributed by atoms with van der Waals surface area (Å²) in [6.07, 6.45) is 0.249. The van der Waals surface area contributed by atoms with Crippen molar-refractivity contribution < 1.29 is 9.53 Å². The molecule has 1 unspecified atom stereocenters. The average Bonchev–Trinajstić information content (AvgIpc) is 2.27. The van der Waals surface area contributed by atoms with Crippen molar-refractivity contribution in [2.24, 2.45) is 11.1 Å². The van der Waals surface area contributed by atoms with Gasteiger partial charge in [0.05, 0.1) is 12.8 Å². The van der Waals surface area contributed by atoms with Gasteiger partial charge in [0, 0.05) is 17.5 Å². The molecule has 0 aliphatic carbocycles. The first-order valence-corrected chi connectivity index (χ1v) is 6.51.